The van der Waals surface area contributed by atoms with E-state index in [-0.39, 0.29) is 11.8 Å². The van der Waals surface area contributed by atoms with Crippen molar-refractivity contribution in [3.8, 4) is 11.5 Å². The molecule has 0 saturated heterocycles. The number of anilines is 2. The normalized spacial score (nSPS) is 10.4. The van der Waals surface area contributed by atoms with Crippen LogP contribution >= 0.6 is 23.2 Å². The largest absolute Gasteiger partial charge is 0.457 e. The number of nitrogens with one attached hydrogen (secondary N) is 2. The van der Waals surface area contributed by atoms with Gasteiger partial charge in [0.1, 0.15) is 11.5 Å². The van der Waals surface area contributed by atoms with Gasteiger partial charge in [-0.05, 0) is 84.9 Å². The van der Waals surface area contributed by atoms with E-state index in [4.69, 9.17) is 27.9 Å². The second kappa shape index (κ2) is 10.2. The summed E-state index contributed by atoms with van der Waals surface area (Å²) in [6.45, 7) is 0. The molecule has 33 heavy (non-hydrogen) atoms. The van der Waals surface area contributed by atoms with E-state index < -0.39 is 0 Å². The number of carbonyl (C=O) groups is 2. The van der Waals surface area contributed by atoms with Crippen LogP contribution in [0.15, 0.2) is 97.1 Å². The van der Waals surface area contributed by atoms with Crippen LogP contribution < -0.4 is 15.4 Å². The second-order valence-corrected chi connectivity index (χ2v) is 7.95. The van der Waals surface area contributed by atoms with Crippen LogP contribution in [0.5, 0.6) is 11.5 Å². The number of carbonyl (C=O) groups excluding carboxylic acids is 2. The molecule has 4 aromatic rings. The highest BCUT2D eigenvalue weighted by Crippen LogP contribution is 2.26. The first-order valence-corrected chi connectivity index (χ1v) is 10.7. The maximum atomic E-state index is 12.4. The van der Waals surface area contributed by atoms with Gasteiger partial charge in [-0.3, -0.25) is 9.59 Å². The molecule has 0 atom stereocenters. The third kappa shape index (κ3) is 6.13. The summed E-state index contributed by atoms with van der Waals surface area (Å²) in [4.78, 5) is 24.7. The molecule has 0 aliphatic rings. The Morgan fingerprint density at radius 2 is 1.09 bits per heavy atom. The molecule has 4 aromatic carbocycles. The number of amides is 2. The van der Waals surface area contributed by atoms with Crippen molar-refractivity contribution < 1.29 is 14.3 Å². The maximum absolute atomic E-state index is 12.4. The highest BCUT2D eigenvalue weighted by atomic mass is 35.5. The molecule has 7 heteroatoms. The van der Waals surface area contributed by atoms with Crippen molar-refractivity contribution >= 4 is 46.4 Å². The summed E-state index contributed by atoms with van der Waals surface area (Å²) in [5.74, 6) is 0.664. The fourth-order valence-corrected chi connectivity index (χ4v) is 3.24. The Labute approximate surface area is 200 Å². The molecule has 0 aliphatic carbocycles. The zero-order chi connectivity index (χ0) is 23.2. The number of benzene rings is 4. The van der Waals surface area contributed by atoms with Gasteiger partial charge in [-0.15, -0.1) is 0 Å². The molecule has 0 spiro atoms. The molecule has 2 amide bonds. The fraction of sp³-hybridized carbons (Fsp3) is 0. The fourth-order valence-electron chi connectivity index (χ4n) is 2.99. The minimum atomic E-state index is -0.246. The zero-order valence-corrected chi connectivity index (χ0v) is 18.7. The van der Waals surface area contributed by atoms with Crippen LogP contribution in [0.2, 0.25) is 10.0 Å². The first kappa shape index (κ1) is 22.4. The second-order valence-electron chi connectivity index (χ2n) is 7.08. The van der Waals surface area contributed by atoms with E-state index in [0.29, 0.717) is 44.0 Å². The van der Waals surface area contributed by atoms with E-state index in [1.54, 1.807) is 97.1 Å². The SMILES string of the molecule is O=C(Nc1ccc(Oc2cccc(NC(=O)c3ccc(Cl)cc3)c2)cc1)c1ccc(Cl)cc1. The molecular weight excluding hydrogens is 459 g/mol. The van der Waals surface area contributed by atoms with Crippen molar-refractivity contribution in [3.05, 3.63) is 118 Å². The van der Waals surface area contributed by atoms with Crippen molar-refractivity contribution in [1.82, 2.24) is 0 Å². The van der Waals surface area contributed by atoms with E-state index >= 15 is 0 Å². The lowest BCUT2D eigenvalue weighted by Crippen LogP contribution is -2.11. The number of hydrogen-bond donors (Lipinski definition) is 2. The molecule has 0 radical (unpaired) electrons. The van der Waals surface area contributed by atoms with E-state index in [1.807, 2.05) is 0 Å². The Kier molecular flexibility index (Phi) is 6.93. The van der Waals surface area contributed by atoms with Gasteiger partial charge in [0.15, 0.2) is 0 Å². The summed E-state index contributed by atoms with van der Waals surface area (Å²) >= 11 is 11.7. The van der Waals surface area contributed by atoms with Gasteiger partial charge in [0.05, 0.1) is 0 Å². The standard InChI is InChI=1S/C26H18Cl2N2O3/c27-19-8-4-17(5-9-19)25(31)29-21-12-14-23(15-13-21)33-24-3-1-2-22(16-24)30-26(32)18-6-10-20(28)11-7-18/h1-16H,(H,29,31)(H,30,32). The first-order valence-electron chi connectivity index (χ1n) is 9.98. The minimum absolute atomic E-state index is 0.232. The van der Waals surface area contributed by atoms with E-state index in [2.05, 4.69) is 10.6 Å². The van der Waals surface area contributed by atoms with E-state index in [1.165, 1.54) is 0 Å². The smallest absolute Gasteiger partial charge is 0.255 e. The summed E-state index contributed by atoms with van der Waals surface area (Å²) in [5, 5.41) is 6.80. The van der Waals surface area contributed by atoms with Crippen LogP contribution in [0.4, 0.5) is 11.4 Å². The quantitative estimate of drug-likeness (QED) is 0.307. The Hall–Kier alpha value is -3.80. The predicted molar refractivity (Wildman–Crippen MR) is 132 cm³/mol. The lowest BCUT2D eigenvalue weighted by atomic mass is 10.2. The molecule has 5 nitrogen and oxygen atoms in total. The van der Waals surface area contributed by atoms with Gasteiger partial charge >= 0.3 is 0 Å². The average Bonchev–Trinajstić information content (AvgIpc) is 2.81. The summed E-state index contributed by atoms with van der Waals surface area (Å²) in [6, 6.07) is 27.4. The Morgan fingerprint density at radius 1 is 0.576 bits per heavy atom. The third-order valence-corrected chi connectivity index (χ3v) is 5.16. The third-order valence-electron chi connectivity index (χ3n) is 4.65. The van der Waals surface area contributed by atoms with Gasteiger partial charge in [-0.1, -0.05) is 29.3 Å². The Bertz CT molecular complexity index is 1270. The number of halogens is 2. The molecule has 0 fully saturated rings. The van der Waals surface area contributed by atoms with Crippen molar-refractivity contribution in [2.75, 3.05) is 10.6 Å². The average molecular weight is 477 g/mol. The van der Waals surface area contributed by atoms with Crippen molar-refractivity contribution in [2.45, 2.75) is 0 Å². The topological polar surface area (TPSA) is 67.4 Å². The monoisotopic (exact) mass is 476 g/mol. The molecule has 0 heterocycles. The lowest BCUT2D eigenvalue weighted by molar-refractivity contribution is 0.101. The Balaban J connectivity index is 1.38. The van der Waals surface area contributed by atoms with Gasteiger partial charge in [-0.2, -0.15) is 0 Å². The molecule has 0 saturated carbocycles. The van der Waals surface area contributed by atoms with Crippen LogP contribution in [0.3, 0.4) is 0 Å². The minimum Gasteiger partial charge on any atom is -0.457 e. The highest BCUT2D eigenvalue weighted by molar-refractivity contribution is 6.31. The Morgan fingerprint density at radius 3 is 1.64 bits per heavy atom. The molecule has 0 aromatic heterocycles. The van der Waals surface area contributed by atoms with Crippen LogP contribution in [0.1, 0.15) is 20.7 Å². The molecule has 0 bridgehead atoms. The predicted octanol–water partition coefficient (Wildman–Crippen LogP) is 7.29. The number of ether oxygens (including phenoxy) is 1. The molecular formula is C26H18Cl2N2O3. The van der Waals surface area contributed by atoms with Gasteiger partial charge in [0, 0.05) is 38.6 Å². The van der Waals surface area contributed by atoms with Gasteiger partial charge in [-0.25, -0.2) is 0 Å². The number of rotatable bonds is 6. The van der Waals surface area contributed by atoms with Crippen LogP contribution in [0.25, 0.3) is 0 Å². The van der Waals surface area contributed by atoms with Gasteiger partial charge < -0.3 is 15.4 Å². The van der Waals surface area contributed by atoms with Crippen LogP contribution in [-0.4, -0.2) is 11.8 Å². The maximum Gasteiger partial charge on any atom is 0.255 e. The van der Waals surface area contributed by atoms with Gasteiger partial charge in [0.25, 0.3) is 11.8 Å². The van der Waals surface area contributed by atoms with Gasteiger partial charge in [0.2, 0.25) is 0 Å². The highest BCUT2D eigenvalue weighted by Gasteiger charge is 2.08. The van der Waals surface area contributed by atoms with Crippen molar-refractivity contribution in [3.63, 3.8) is 0 Å². The van der Waals surface area contributed by atoms with Crippen LogP contribution in [0, 0.1) is 0 Å². The molecule has 0 aliphatic heterocycles. The van der Waals surface area contributed by atoms with E-state index in [0.717, 1.165) is 0 Å². The van der Waals surface area contributed by atoms with Crippen molar-refractivity contribution in [1.29, 1.82) is 0 Å². The number of hydrogen-bond acceptors (Lipinski definition) is 3. The van der Waals surface area contributed by atoms with Crippen LogP contribution in [-0.2, 0) is 0 Å². The summed E-state index contributed by atoms with van der Waals surface area (Å²) in [6.07, 6.45) is 0. The molecule has 2 N–H and O–H groups in total. The van der Waals surface area contributed by atoms with E-state index in [9.17, 15) is 9.59 Å². The summed E-state index contributed by atoms with van der Waals surface area (Å²) in [5.41, 5.74) is 2.24. The molecule has 4 rings (SSSR count). The zero-order valence-electron chi connectivity index (χ0n) is 17.2. The first-order chi connectivity index (χ1) is 16.0. The summed E-state index contributed by atoms with van der Waals surface area (Å²) in [7, 11) is 0. The molecule has 164 valence electrons. The lowest BCUT2D eigenvalue weighted by Gasteiger charge is -2.10. The summed E-state index contributed by atoms with van der Waals surface area (Å²) < 4.78 is 5.88. The molecule has 0 unspecified atom stereocenters. The van der Waals surface area contributed by atoms with Crippen molar-refractivity contribution in [2.24, 2.45) is 0 Å².